The van der Waals surface area contributed by atoms with E-state index in [1.807, 2.05) is 18.2 Å². The van der Waals surface area contributed by atoms with Crippen molar-refractivity contribution in [2.45, 2.75) is 57.3 Å². The molecule has 0 radical (unpaired) electrons. The minimum atomic E-state index is -4.02. The maximum absolute atomic E-state index is 12.6. The zero-order valence-electron chi connectivity index (χ0n) is 11.8. The van der Waals surface area contributed by atoms with Crippen LogP contribution in [0.1, 0.15) is 50.6 Å². The van der Waals surface area contributed by atoms with Crippen molar-refractivity contribution in [2.24, 2.45) is 5.92 Å². The van der Waals surface area contributed by atoms with Gasteiger partial charge in [0.2, 0.25) is 0 Å². The second-order valence-electron chi connectivity index (χ2n) is 5.63. The predicted octanol–water partition coefficient (Wildman–Crippen LogP) is 4.85. The monoisotopic (exact) mass is 285 g/mol. The fourth-order valence-electron chi connectivity index (χ4n) is 3.01. The molecule has 1 saturated carbocycles. The van der Waals surface area contributed by atoms with Gasteiger partial charge in [-0.3, -0.25) is 0 Å². The standard InChI is InChI=1S/C16H22F3N/c1-2-15(12-6-4-3-5-7-12)20-14-10-8-13(9-11-14)16(17,18)19/h3-7,13-15,20H,2,8-11H2,1H3. The molecule has 0 saturated heterocycles. The van der Waals surface area contributed by atoms with Crippen LogP contribution in [0.4, 0.5) is 13.2 Å². The predicted molar refractivity (Wildman–Crippen MR) is 74.4 cm³/mol. The third kappa shape index (κ3) is 3.98. The Balaban J connectivity index is 1.88. The number of halogens is 3. The van der Waals surface area contributed by atoms with Crippen LogP contribution in [0.15, 0.2) is 30.3 Å². The Kier molecular flexibility index (Phi) is 5.08. The molecule has 1 atom stereocenters. The highest BCUT2D eigenvalue weighted by Gasteiger charge is 2.41. The fourth-order valence-corrected chi connectivity index (χ4v) is 3.01. The Morgan fingerprint density at radius 3 is 2.20 bits per heavy atom. The SMILES string of the molecule is CCC(NC1CCC(C(F)(F)F)CC1)c1ccccc1. The van der Waals surface area contributed by atoms with Gasteiger partial charge in [-0.1, -0.05) is 37.3 Å². The van der Waals surface area contributed by atoms with E-state index in [1.54, 1.807) is 0 Å². The molecule has 2 rings (SSSR count). The highest BCUT2D eigenvalue weighted by atomic mass is 19.4. The van der Waals surface area contributed by atoms with Crippen LogP contribution in [-0.2, 0) is 0 Å². The van der Waals surface area contributed by atoms with Gasteiger partial charge in [-0.25, -0.2) is 0 Å². The van der Waals surface area contributed by atoms with Crippen LogP contribution in [0.3, 0.4) is 0 Å². The van der Waals surface area contributed by atoms with Crippen molar-refractivity contribution >= 4 is 0 Å². The van der Waals surface area contributed by atoms with Gasteiger partial charge in [0.1, 0.15) is 0 Å². The van der Waals surface area contributed by atoms with Crippen LogP contribution in [0.5, 0.6) is 0 Å². The Hall–Kier alpha value is -1.03. The van der Waals surface area contributed by atoms with Crippen molar-refractivity contribution in [3.05, 3.63) is 35.9 Å². The summed E-state index contributed by atoms with van der Waals surface area (Å²) in [5.41, 5.74) is 1.22. The average molecular weight is 285 g/mol. The Labute approximate surface area is 118 Å². The molecule has 1 N–H and O–H groups in total. The number of hydrogen-bond acceptors (Lipinski definition) is 1. The molecule has 1 unspecified atom stereocenters. The zero-order valence-corrected chi connectivity index (χ0v) is 11.8. The molecular weight excluding hydrogens is 263 g/mol. The van der Waals surface area contributed by atoms with Gasteiger partial charge in [0.15, 0.2) is 0 Å². The molecule has 0 bridgehead atoms. The van der Waals surface area contributed by atoms with Crippen molar-refractivity contribution < 1.29 is 13.2 Å². The van der Waals surface area contributed by atoms with Gasteiger partial charge in [0, 0.05) is 12.1 Å². The Morgan fingerprint density at radius 1 is 1.10 bits per heavy atom. The molecule has 20 heavy (non-hydrogen) atoms. The molecule has 0 aliphatic heterocycles. The molecule has 0 spiro atoms. The van der Waals surface area contributed by atoms with Gasteiger partial charge in [0.05, 0.1) is 5.92 Å². The molecule has 0 aromatic heterocycles. The van der Waals surface area contributed by atoms with Crippen molar-refractivity contribution in [1.29, 1.82) is 0 Å². The van der Waals surface area contributed by atoms with E-state index >= 15 is 0 Å². The molecule has 0 amide bonds. The van der Waals surface area contributed by atoms with Crippen LogP contribution < -0.4 is 5.32 Å². The molecular formula is C16H22F3N. The van der Waals surface area contributed by atoms with E-state index < -0.39 is 12.1 Å². The minimum absolute atomic E-state index is 0.207. The summed E-state index contributed by atoms with van der Waals surface area (Å²) in [7, 11) is 0. The summed E-state index contributed by atoms with van der Waals surface area (Å²) >= 11 is 0. The summed E-state index contributed by atoms with van der Waals surface area (Å²) in [6.45, 7) is 2.10. The second kappa shape index (κ2) is 6.61. The average Bonchev–Trinajstić information content (AvgIpc) is 2.45. The first-order valence-corrected chi connectivity index (χ1v) is 7.38. The Bertz CT molecular complexity index is 394. The molecule has 1 aliphatic carbocycles. The van der Waals surface area contributed by atoms with E-state index in [1.165, 1.54) is 5.56 Å². The molecule has 1 aromatic rings. The highest BCUT2D eigenvalue weighted by molar-refractivity contribution is 5.18. The lowest BCUT2D eigenvalue weighted by Crippen LogP contribution is -2.38. The van der Waals surface area contributed by atoms with Gasteiger partial charge in [0.25, 0.3) is 0 Å². The first-order valence-electron chi connectivity index (χ1n) is 7.38. The summed E-state index contributed by atoms with van der Waals surface area (Å²) in [6, 6.07) is 10.6. The maximum Gasteiger partial charge on any atom is 0.391 e. The first kappa shape index (κ1) is 15.4. The largest absolute Gasteiger partial charge is 0.391 e. The second-order valence-corrected chi connectivity index (χ2v) is 5.63. The van der Waals surface area contributed by atoms with Crippen molar-refractivity contribution in [2.75, 3.05) is 0 Å². The number of hydrogen-bond donors (Lipinski definition) is 1. The maximum atomic E-state index is 12.6. The van der Waals surface area contributed by atoms with Crippen molar-refractivity contribution in [1.82, 2.24) is 5.32 Å². The van der Waals surface area contributed by atoms with Gasteiger partial charge in [-0.2, -0.15) is 13.2 Å². The number of alkyl halides is 3. The van der Waals surface area contributed by atoms with Gasteiger partial charge in [-0.15, -0.1) is 0 Å². The summed E-state index contributed by atoms with van der Waals surface area (Å²) in [5.74, 6) is -1.10. The third-order valence-corrected chi connectivity index (χ3v) is 4.24. The molecule has 112 valence electrons. The molecule has 1 fully saturated rings. The third-order valence-electron chi connectivity index (χ3n) is 4.24. The van der Waals surface area contributed by atoms with Crippen LogP contribution in [0.2, 0.25) is 0 Å². The van der Waals surface area contributed by atoms with Crippen molar-refractivity contribution in [3.8, 4) is 0 Å². The van der Waals surface area contributed by atoms with E-state index in [-0.39, 0.29) is 24.9 Å². The quantitative estimate of drug-likeness (QED) is 0.834. The van der Waals surface area contributed by atoms with E-state index in [0.29, 0.717) is 12.8 Å². The highest BCUT2D eigenvalue weighted by Crippen LogP contribution is 2.38. The van der Waals surface area contributed by atoms with Gasteiger partial charge in [-0.05, 0) is 37.7 Å². The lowest BCUT2D eigenvalue weighted by Gasteiger charge is -2.33. The molecule has 1 aliphatic rings. The van der Waals surface area contributed by atoms with E-state index in [0.717, 1.165) is 6.42 Å². The van der Waals surface area contributed by atoms with Crippen LogP contribution in [0, 0.1) is 5.92 Å². The van der Waals surface area contributed by atoms with Gasteiger partial charge >= 0.3 is 6.18 Å². The van der Waals surface area contributed by atoms with Crippen LogP contribution in [-0.4, -0.2) is 12.2 Å². The molecule has 0 heterocycles. The summed E-state index contributed by atoms with van der Waals surface area (Å²) in [6.07, 6.45) is -1.32. The summed E-state index contributed by atoms with van der Waals surface area (Å²) in [4.78, 5) is 0. The Morgan fingerprint density at radius 2 is 1.70 bits per heavy atom. The normalized spacial score (nSPS) is 25.4. The van der Waals surface area contributed by atoms with E-state index in [9.17, 15) is 13.2 Å². The molecule has 1 nitrogen and oxygen atoms in total. The smallest absolute Gasteiger partial charge is 0.307 e. The van der Waals surface area contributed by atoms with Crippen molar-refractivity contribution in [3.63, 3.8) is 0 Å². The molecule has 1 aromatic carbocycles. The summed E-state index contributed by atoms with van der Waals surface area (Å²) in [5, 5.41) is 3.53. The number of nitrogens with one attached hydrogen (secondary N) is 1. The van der Waals surface area contributed by atoms with E-state index in [2.05, 4.69) is 24.4 Å². The number of rotatable bonds is 4. The zero-order chi connectivity index (χ0) is 14.6. The van der Waals surface area contributed by atoms with Gasteiger partial charge < -0.3 is 5.32 Å². The van der Waals surface area contributed by atoms with Crippen LogP contribution >= 0.6 is 0 Å². The summed E-state index contributed by atoms with van der Waals surface area (Å²) < 4.78 is 37.9. The topological polar surface area (TPSA) is 12.0 Å². The fraction of sp³-hybridized carbons (Fsp3) is 0.625. The number of benzene rings is 1. The lowest BCUT2D eigenvalue weighted by atomic mass is 9.85. The van der Waals surface area contributed by atoms with Crippen LogP contribution in [0.25, 0.3) is 0 Å². The van der Waals surface area contributed by atoms with E-state index in [4.69, 9.17) is 0 Å². The molecule has 4 heteroatoms. The minimum Gasteiger partial charge on any atom is -0.307 e. The lowest BCUT2D eigenvalue weighted by molar-refractivity contribution is -0.182. The first-order chi connectivity index (χ1) is 9.50.